The predicted octanol–water partition coefficient (Wildman–Crippen LogP) is 2.74. The maximum absolute atomic E-state index is 13.4. The van der Waals surface area contributed by atoms with Gasteiger partial charge in [-0.25, -0.2) is 4.79 Å². The van der Waals surface area contributed by atoms with Crippen LogP contribution in [0.25, 0.3) is 0 Å². The van der Waals surface area contributed by atoms with Gasteiger partial charge in [-0.2, -0.15) is 0 Å². The molecule has 14 atom stereocenters. The molecule has 9 fully saturated rings. The molecule has 0 amide bonds. The second kappa shape index (κ2) is 7.32. The monoisotopic (exact) mass is 533 g/mol. The smallest absolute Gasteiger partial charge is 0.338 e. The average molecular weight is 534 g/mol. The van der Waals surface area contributed by atoms with Crippen LogP contribution in [-0.2, 0) is 23.8 Å². The summed E-state index contributed by atoms with van der Waals surface area (Å²) in [5, 5.41) is 11.9. The highest BCUT2D eigenvalue weighted by Gasteiger charge is 2.93. The van der Waals surface area contributed by atoms with Gasteiger partial charge in [0.25, 0.3) is 0 Å². The number of fused-ring (bicyclic) bond motifs is 1. The molecule has 9 bridgehead atoms. The second-order valence-corrected chi connectivity index (χ2v) is 13.7. The van der Waals surface area contributed by atoms with Crippen molar-refractivity contribution in [3.05, 3.63) is 48.0 Å². The lowest BCUT2D eigenvalue weighted by Crippen LogP contribution is -2.71. The molecule has 206 valence electrons. The van der Waals surface area contributed by atoms with E-state index in [9.17, 15) is 19.5 Å². The maximum atomic E-state index is 13.4. The van der Waals surface area contributed by atoms with E-state index in [-0.39, 0.29) is 46.5 Å². The highest BCUT2D eigenvalue weighted by molar-refractivity contribution is 5.89. The predicted molar refractivity (Wildman–Crippen MR) is 137 cm³/mol. The van der Waals surface area contributed by atoms with Crippen LogP contribution in [0.3, 0.4) is 0 Å². The Morgan fingerprint density at radius 2 is 1.74 bits per heavy atom. The number of aliphatic hydroxyl groups is 1. The summed E-state index contributed by atoms with van der Waals surface area (Å²) in [6.07, 6.45) is -0.268. The summed E-state index contributed by atoms with van der Waals surface area (Å²) in [6.45, 7) is 10.3. The van der Waals surface area contributed by atoms with Gasteiger partial charge >= 0.3 is 17.9 Å². The average Bonchev–Trinajstić information content (AvgIpc) is 3.30. The van der Waals surface area contributed by atoms with Gasteiger partial charge in [-0.15, -0.1) is 0 Å². The third-order valence-corrected chi connectivity index (χ3v) is 12.1. The highest BCUT2D eigenvalue weighted by Crippen LogP contribution is 2.87. The molecule has 1 aromatic rings. The van der Waals surface area contributed by atoms with Crippen molar-refractivity contribution in [3.63, 3.8) is 0 Å². The van der Waals surface area contributed by atoms with Gasteiger partial charge in [0.1, 0.15) is 18.3 Å². The van der Waals surface area contributed by atoms with Gasteiger partial charge in [0.2, 0.25) is 0 Å². The third kappa shape index (κ3) is 2.57. The molecule has 2 spiro atoms. The molecule has 3 aliphatic heterocycles. The molecular weight excluding hydrogens is 498 g/mol. The number of carbonyl (C=O) groups is 3. The summed E-state index contributed by atoms with van der Waals surface area (Å²) in [7, 11) is 0. The minimum Gasteiger partial charge on any atom is -0.461 e. The molecule has 8 nitrogen and oxygen atoms in total. The van der Waals surface area contributed by atoms with Crippen molar-refractivity contribution >= 4 is 17.9 Å². The zero-order chi connectivity index (χ0) is 27.2. The standard InChI is InChI=1S/C31H35NO7/c1-14-10-30-11-18-24-29(4)12-19(39-28(36)17-8-6-5-7-9-17)27(38-16(3)34)31(24)25(30)23(37-15(2)33)20(14)22(35)21(30)26(31)32(18)13-29/h5-9,18-27,35H,1,10-13H2,2-4H3/t18-,19-,20-,21+,22-,23+,24+,25+,26+,27+,29-,30-,31+/m0/s1. The molecule has 8 heteroatoms. The van der Waals surface area contributed by atoms with E-state index >= 15 is 0 Å². The van der Waals surface area contributed by atoms with E-state index < -0.39 is 41.8 Å². The first-order valence-electron chi connectivity index (χ1n) is 14.3. The largest absolute Gasteiger partial charge is 0.461 e. The Kier molecular flexibility index (Phi) is 4.53. The van der Waals surface area contributed by atoms with Gasteiger partial charge in [-0.05, 0) is 48.1 Å². The van der Waals surface area contributed by atoms with Crippen LogP contribution in [0.1, 0.15) is 50.4 Å². The van der Waals surface area contributed by atoms with Crippen LogP contribution < -0.4 is 0 Å². The summed E-state index contributed by atoms with van der Waals surface area (Å²) >= 11 is 0. The lowest BCUT2D eigenvalue weighted by Gasteiger charge is -2.67. The fourth-order valence-corrected chi connectivity index (χ4v) is 12.1. The van der Waals surface area contributed by atoms with Crippen LogP contribution in [0.5, 0.6) is 0 Å². The minimum atomic E-state index is -0.691. The van der Waals surface area contributed by atoms with Gasteiger partial charge in [-0.1, -0.05) is 37.3 Å². The highest BCUT2D eigenvalue weighted by atomic mass is 16.6. The van der Waals surface area contributed by atoms with Gasteiger partial charge in [-0.3, -0.25) is 14.5 Å². The van der Waals surface area contributed by atoms with Crippen molar-refractivity contribution in [2.75, 3.05) is 6.54 Å². The molecule has 6 saturated carbocycles. The molecule has 9 aliphatic rings. The molecule has 0 aromatic heterocycles. The van der Waals surface area contributed by atoms with Crippen LogP contribution >= 0.6 is 0 Å². The van der Waals surface area contributed by atoms with Gasteiger partial charge in [0.05, 0.1) is 11.7 Å². The van der Waals surface area contributed by atoms with Crippen molar-refractivity contribution in [2.24, 2.45) is 39.9 Å². The number of aliphatic hydroxyl groups excluding tert-OH is 1. The van der Waals surface area contributed by atoms with E-state index in [4.69, 9.17) is 14.2 Å². The zero-order valence-electron chi connectivity index (χ0n) is 22.5. The molecule has 1 aromatic carbocycles. The first kappa shape index (κ1) is 24.1. The Labute approximate surface area is 227 Å². The summed E-state index contributed by atoms with van der Waals surface area (Å²) in [5.41, 5.74) is 0.361. The van der Waals surface area contributed by atoms with Crippen LogP contribution in [0.4, 0.5) is 0 Å². The van der Waals surface area contributed by atoms with Crippen LogP contribution in [-0.4, -0.2) is 71.0 Å². The van der Waals surface area contributed by atoms with E-state index in [1.54, 1.807) is 24.3 Å². The quantitative estimate of drug-likeness (QED) is 0.358. The number of carbonyl (C=O) groups excluding carboxylic acids is 3. The number of rotatable bonds is 4. The van der Waals surface area contributed by atoms with E-state index in [0.717, 1.165) is 25.0 Å². The lowest BCUT2D eigenvalue weighted by molar-refractivity contribution is -0.254. The topological polar surface area (TPSA) is 102 Å². The molecule has 3 saturated heterocycles. The summed E-state index contributed by atoms with van der Waals surface area (Å²) in [4.78, 5) is 41.2. The van der Waals surface area contributed by atoms with Gasteiger partial charge < -0.3 is 19.3 Å². The first-order valence-corrected chi connectivity index (χ1v) is 14.3. The zero-order valence-corrected chi connectivity index (χ0v) is 22.5. The third-order valence-electron chi connectivity index (χ3n) is 12.1. The van der Waals surface area contributed by atoms with E-state index in [2.05, 4.69) is 18.4 Å². The number of hydrogen-bond acceptors (Lipinski definition) is 8. The summed E-state index contributed by atoms with van der Waals surface area (Å²) < 4.78 is 18.7. The van der Waals surface area contributed by atoms with Crippen molar-refractivity contribution < 1.29 is 33.7 Å². The van der Waals surface area contributed by atoms with E-state index in [0.29, 0.717) is 18.0 Å². The Hall–Kier alpha value is -2.71. The van der Waals surface area contributed by atoms with Crippen LogP contribution in [0, 0.1) is 39.9 Å². The minimum absolute atomic E-state index is 0.0303. The maximum Gasteiger partial charge on any atom is 0.338 e. The number of nitrogens with zero attached hydrogens (tertiary/aromatic N) is 1. The molecule has 3 heterocycles. The van der Waals surface area contributed by atoms with Crippen molar-refractivity contribution in [1.82, 2.24) is 4.90 Å². The fraction of sp³-hybridized carbons (Fsp3) is 0.645. The Morgan fingerprint density at radius 3 is 2.44 bits per heavy atom. The van der Waals surface area contributed by atoms with Crippen LogP contribution in [0.2, 0.25) is 0 Å². The second-order valence-electron chi connectivity index (χ2n) is 13.7. The van der Waals surface area contributed by atoms with E-state index in [1.807, 2.05) is 6.07 Å². The van der Waals surface area contributed by atoms with Crippen LogP contribution in [0.15, 0.2) is 42.5 Å². The van der Waals surface area contributed by atoms with Gasteiger partial charge in [0, 0.05) is 55.6 Å². The van der Waals surface area contributed by atoms with E-state index in [1.165, 1.54) is 13.8 Å². The molecule has 39 heavy (non-hydrogen) atoms. The number of esters is 3. The number of piperidine rings is 2. The van der Waals surface area contributed by atoms with Crippen molar-refractivity contribution in [3.8, 4) is 0 Å². The van der Waals surface area contributed by atoms with Gasteiger partial charge in [0.15, 0.2) is 0 Å². The molecular formula is C31H35NO7. The molecule has 10 rings (SSSR count). The molecule has 6 aliphatic carbocycles. The SMILES string of the molecule is C=C1C[C@@]23C[C@H]4[C@@H]5[C@@]6(C)C[C@H](OC(=O)c7ccccc7)[C@@H](OC(C)=O)[C@@]57[C@@H]2[C@H](OC(C)=O)[C@@H]1[C@H](O)[C@@H]3[C@H]7N4C6. The Bertz CT molecular complexity index is 1330. The van der Waals surface area contributed by atoms with Crippen molar-refractivity contribution in [1.29, 1.82) is 0 Å². The Morgan fingerprint density at radius 1 is 1.03 bits per heavy atom. The Balaban J connectivity index is 1.32. The normalized spacial score (nSPS) is 52.6. The summed E-state index contributed by atoms with van der Waals surface area (Å²) in [6, 6.07) is 9.17. The number of hydrogen-bond donors (Lipinski definition) is 1. The molecule has 0 radical (unpaired) electrons. The summed E-state index contributed by atoms with van der Waals surface area (Å²) in [5.74, 6) is -1.54. The number of benzene rings is 1. The fourth-order valence-electron chi connectivity index (χ4n) is 12.1. The lowest BCUT2D eigenvalue weighted by atomic mass is 9.39. The first-order chi connectivity index (χ1) is 18.5. The number of ether oxygens (including phenoxy) is 3. The molecule has 1 N–H and O–H groups in total. The van der Waals surface area contributed by atoms with Crippen molar-refractivity contribution in [2.45, 2.75) is 76.5 Å². The molecule has 1 unspecified atom stereocenters.